The summed E-state index contributed by atoms with van der Waals surface area (Å²) in [4.78, 5) is 11.2. The molecule has 2 heterocycles. The van der Waals surface area contributed by atoms with E-state index in [1.165, 1.54) is 11.8 Å². The molecule has 0 radical (unpaired) electrons. The molecule has 8 heteroatoms. The van der Waals surface area contributed by atoms with Gasteiger partial charge in [0.2, 0.25) is 5.16 Å². The zero-order valence-electron chi connectivity index (χ0n) is 10.2. The van der Waals surface area contributed by atoms with Gasteiger partial charge in [-0.2, -0.15) is 0 Å². The topological polar surface area (TPSA) is 79.1 Å². The Hall–Kier alpha value is -1.15. The van der Waals surface area contributed by atoms with Gasteiger partial charge in [0, 0.05) is 19.0 Å². The van der Waals surface area contributed by atoms with Crippen molar-refractivity contribution in [1.29, 1.82) is 0 Å². The van der Waals surface area contributed by atoms with Gasteiger partial charge in [0.1, 0.15) is 6.54 Å². The van der Waals surface area contributed by atoms with Crippen LogP contribution in [0.5, 0.6) is 0 Å². The quantitative estimate of drug-likeness (QED) is 0.565. The Morgan fingerprint density at radius 1 is 1.56 bits per heavy atom. The number of tetrazole rings is 1. The first-order valence-electron chi connectivity index (χ1n) is 5.83. The van der Waals surface area contributed by atoms with Gasteiger partial charge >= 0.3 is 5.97 Å². The second-order valence-electron chi connectivity index (χ2n) is 4.06. The molecule has 0 amide bonds. The van der Waals surface area contributed by atoms with Crippen LogP contribution in [0.3, 0.4) is 0 Å². The fourth-order valence-corrected chi connectivity index (χ4v) is 2.75. The van der Waals surface area contributed by atoms with Gasteiger partial charge in [-0.3, -0.25) is 4.79 Å². The van der Waals surface area contributed by atoms with Crippen molar-refractivity contribution in [2.75, 3.05) is 26.1 Å². The van der Waals surface area contributed by atoms with Gasteiger partial charge in [-0.1, -0.05) is 11.8 Å². The van der Waals surface area contributed by atoms with Crippen molar-refractivity contribution in [3.63, 3.8) is 0 Å². The zero-order chi connectivity index (χ0) is 12.8. The highest BCUT2D eigenvalue weighted by Gasteiger charge is 2.17. The first-order chi connectivity index (χ1) is 8.79. The van der Waals surface area contributed by atoms with E-state index in [1.807, 2.05) is 0 Å². The highest BCUT2D eigenvalue weighted by atomic mass is 32.2. The summed E-state index contributed by atoms with van der Waals surface area (Å²) >= 11 is 1.58. The van der Waals surface area contributed by atoms with Crippen LogP contribution in [-0.4, -0.2) is 52.3 Å². The van der Waals surface area contributed by atoms with Crippen LogP contribution in [0.15, 0.2) is 5.16 Å². The summed E-state index contributed by atoms with van der Waals surface area (Å²) in [6.45, 7) is 1.72. The predicted molar refractivity (Wildman–Crippen MR) is 64.1 cm³/mol. The average molecular weight is 272 g/mol. The van der Waals surface area contributed by atoms with Gasteiger partial charge in [0.15, 0.2) is 0 Å². The van der Waals surface area contributed by atoms with Crippen molar-refractivity contribution in [2.24, 2.45) is 5.92 Å². The number of carbonyl (C=O) groups is 1. The van der Waals surface area contributed by atoms with Gasteiger partial charge in [-0.05, 0) is 29.2 Å². The molecule has 7 nitrogen and oxygen atoms in total. The fraction of sp³-hybridized carbons (Fsp3) is 0.800. The predicted octanol–water partition coefficient (Wildman–Crippen LogP) is 0.365. The number of aromatic nitrogens is 4. The number of nitrogens with zero attached hydrogens (tertiary/aromatic N) is 4. The van der Waals surface area contributed by atoms with E-state index < -0.39 is 0 Å². The third-order valence-electron chi connectivity index (χ3n) is 2.79. The zero-order valence-corrected chi connectivity index (χ0v) is 11.1. The van der Waals surface area contributed by atoms with Gasteiger partial charge < -0.3 is 9.47 Å². The van der Waals surface area contributed by atoms with E-state index in [2.05, 4.69) is 20.3 Å². The minimum atomic E-state index is -0.352. The molecule has 0 spiro atoms. The van der Waals surface area contributed by atoms with E-state index in [1.54, 1.807) is 11.8 Å². The number of thioether (sulfide) groups is 1. The van der Waals surface area contributed by atoms with E-state index in [0.29, 0.717) is 11.1 Å². The lowest BCUT2D eigenvalue weighted by molar-refractivity contribution is -0.141. The van der Waals surface area contributed by atoms with Crippen LogP contribution in [0.1, 0.15) is 12.8 Å². The van der Waals surface area contributed by atoms with Crippen molar-refractivity contribution in [2.45, 2.75) is 24.5 Å². The van der Waals surface area contributed by atoms with Gasteiger partial charge in [-0.15, -0.1) is 5.10 Å². The molecule has 0 saturated carbocycles. The van der Waals surface area contributed by atoms with Crippen LogP contribution in [0.4, 0.5) is 0 Å². The molecule has 0 aromatic carbocycles. The molecular formula is C10H16N4O3S. The van der Waals surface area contributed by atoms with Crippen LogP contribution in [0, 0.1) is 5.92 Å². The monoisotopic (exact) mass is 272 g/mol. The normalized spacial score (nSPS) is 16.7. The van der Waals surface area contributed by atoms with E-state index in [4.69, 9.17) is 4.74 Å². The van der Waals surface area contributed by atoms with Crippen molar-refractivity contribution in [3.05, 3.63) is 0 Å². The molecule has 1 aliphatic rings. The van der Waals surface area contributed by atoms with Crippen molar-refractivity contribution in [3.8, 4) is 0 Å². The third kappa shape index (κ3) is 3.67. The molecule has 1 aromatic heterocycles. The van der Waals surface area contributed by atoms with Crippen LogP contribution in [0.2, 0.25) is 0 Å². The molecule has 1 aliphatic heterocycles. The largest absolute Gasteiger partial charge is 0.468 e. The summed E-state index contributed by atoms with van der Waals surface area (Å²) in [7, 11) is 1.35. The van der Waals surface area contributed by atoms with Crippen molar-refractivity contribution >= 4 is 17.7 Å². The molecule has 1 fully saturated rings. The molecule has 0 unspecified atom stereocenters. The number of hydrogen-bond acceptors (Lipinski definition) is 7. The Morgan fingerprint density at radius 2 is 2.33 bits per heavy atom. The first-order valence-corrected chi connectivity index (χ1v) is 6.81. The minimum Gasteiger partial charge on any atom is -0.468 e. The van der Waals surface area contributed by atoms with Crippen molar-refractivity contribution in [1.82, 2.24) is 20.2 Å². The highest BCUT2D eigenvalue weighted by molar-refractivity contribution is 7.99. The fourth-order valence-electron chi connectivity index (χ4n) is 1.69. The molecule has 0 bridgehead atoms. The second kappa shape index (κ2) is 6.69. The second-order valence-corrected chi connectivity index (χ2v) is 5.05. The summed E-state index contributed by atoms with van der Waals surface area (Å²) in [5.74, 6) is 1.23. The van der Waals surface area contributed by atoms with Crippen molar-refractivity contribution < 1.29 is 14.3 Å². The number of hydrogen-bond donors (Lipinski definition) is 0. The summed E-state index contributed by atoms with van der Waals surface area (Å²) in [5.41, 5.74) is 0. The first kappa shape index (κ1) is 13.3. The molecule has 0 N–H and O–H groups in total. The SMILES string of the molecule is COC(=O)Cn1nnnc1SCC1CCOCC1. The maximum absolute atomic E-state index is 11.2. The number of ether oxygens (including phenoxy) is 2. The highest BCUT2D eigenvalue weighted by Crippen LogP contribution is 2.23. The molecule has 1 aromatic rings. The molecule has 0 atom stereocenters. The Morgan fingerprint density at radius 3 is 3.06 bits per heavy atom. The molecule has 1 saturated heterocycles. The average Bonchev–Trinajstić information content (AvgIpc) is 2.84. The molecule has 2 rings (SSSR count). The van der Waals surface area contributed by atoms with Gasteiger partial charge in [0.05, 0.1) is 7.11 Å². The standard InChI is InChI=1S/C10H16N4O3S/c1-16-9(15)6-14-10(11-12-13-14)18-7-8-2-4-17-5-3-8/h8H,2-7H2,1H3. The Labute approximate surface area is 109 Å². The summed E-state index contributed by atoms with van der Waals surface area (Å²) < 4.78 is 11.4. The third-order valence-corrected chi connectivity index (χ3v) is 3.98. The molecule has 0 aliphatic carbocycles. The summed E-state index contributed by atoms with van der Waals surface area (Å²) in [5, 5.41) is 11.9. The minimum absolute atomic E-state index is 0.0552. The maximum atomic E-state index is 11.2. The molecular weight excluding hydrogens is 256 g/mol. The van der Waals surface area contributed by atoms with Gasteiger partial charge in [-0.25, -0.2) is 4.68 Å². The number of rotatable bonds is 5. The Kier molecular flexibility index (Phi) is 4.94. The van der Waals surface area contributed by atoms with Crippen LogP contribution < -0.4 is 0 Å². The Balaban J connectivity index is 1.85. The van der Waals surface area contributed by atoms with E-state index in [9.17, 15) is 4.79 Å². The lowest BCUT2D eigenvalue weighted by Gasteiger charge is -2.20. The number of carbonyl (C=O) groups excluding carboxylic acids is 1. The smallest absolute Gasteiger partial charge is 0.327 e. The Bertz CT molecular complexity index is 392. The van der Waals surface area contributed by atoms with E-state index >= 15 is 0 Å². The number of methoxy groups -OCH3 is 1. The molecule has 100 valence electrons. The van der Waals surface area contributed by atoms with Gasteiger partial charge in [0.25, 0.3) is 0 Å². The van der Waals surface area contributed by atoms with Crippen LogP contribution in [0.25, 0.3) is 0 Å². The lowest BCUT2D eigenvalue weighted by Crippen LogP contribution is -2.18. The maximum Gasteiger partial charge on any atom is 0.327 e. The lowest BCUT2D eigenvalue weighted by atomic mass is 10.0. The van der Waals surface area contributed by atoms with E-state index in [-0.39, 0.29) is 12.5 Å². The van der Waals surface area contributed by atoms with Crippen LogP contribution >= 0.6 is 11.8 Å². The van der Waals surface area contributed by atoms with Crippen LogP contribution in [-0.2, 0) is 20.8 Å². The summed E-state index contributed by atoms with van der Waals surface area (Å²) in [6, 6.07) is 0. The van der Waals surface area contributed by atoms with E-state index in [0.717, 1.165) is 31.8 Å². The summed E-state index contributed by atoms with van der Waals surface area (Å²) in [6.07, 6.45) is 2.15. The number of esters is 1. The molecule has 18 heavy (non-hydrogen) atoms.